The van der Waals surface area contributed by atoms with Crippen molar-refractivity contribution in [2.45, 2.75) is 26.2 Å². The summed E-state index contributed by atoms with van der Waals surface area (Å²) in [5, 5.41) is 11.5. The Labute approximate surface area is 107 Å². The highest BCUT2D eigenvalue weighted by Crippen LogP contribution is 2.40. The summed E-state index contributed by atoms with van der Waals surface area (Å²) < 4.78 is 5.36. The molecule has 0 spiro atoms. The van der Waals surface area contributed by atoms with Gasteiger partial charge < -0.3 is 10.1 Å². The molecule has 0 radical (unpaired) electrons. The predicted molar refractivity (Wildman–Crippen MR) is 68.4 cm³/mol. The largest absolute Gasteiger partial charge is 0.426 e. The number of carbonyl (C=O) groups excluding carboxylic acids is 1. The van der Waals surface area contributed by atoms with Gasteiger partial charge in [-0.2, -0.15) is 5.26 Å². The van der Waals surface area contributed by atoms with E-state index in [0.29, 0.717) is 5.75 Å². The number of ether oxygens (including phenoxy) is 1. The number of rotatable bonds is 3. The maximum absolute atomic E-state index is 11.8. The van der Waals surface area contributed by atoms with Crippen LogP contribution in [0.25, 0.3) is 0 Å². The molecule has 2 atom stereocenters. The SMILES string of the molecule is CCC1C(=O)Oc2cc(NCC#N)ccc2C1C. The Morgan fingerprint density at radius 3 is 2.94 bits per heavy atom. The van der Waals surface area contributed by atoms with Crippen LogP contribution in [0.1, 0.15) is 31.7 Å². The lowest BCUT2D eigenvalue weighted by Gasteiger charge is -2.29. The van der Waals surface area contributed by atoms with Crippen molar-refractivity contribution in [1.82, 2.24) is 0 Å². The number of nitrogens with one attached hydrogen (secondary N) is 1. The molecule has 0 bridgehead atoms. The lowest BCUT2D eigenvalue weighted by atomic mass is 9.83. The minimum Gasteiger partial charge on any atom is -0.426 e. The first kappa shape index (κ1) is 12.4. The van der Waals surface area contributed by atoms with Crippen molar-refractivity contribution in [3.63, 3.8) is 0 Å². The van der Waals surface area contributed by atoms with Gasteiger partial charge in [-0.25, -0.2) is 0 Å². The molecule has 4 heteroatoms. The van der Waals surface area contributed by atoms with Crippen molar-refractivity contribution in [1.29, 1.82) is 5.26 Å². The van der Waals surface area contributed by atoms with Crippen molar-refractivity contribution < 1.29 is 9.53 Å². The summed E-state index contributed by atoms with van der Waals surface area (Å²) in [5.41, 5.74) is 1.86. The number of hydrogen-bond acceptors (Lipinski definition) is 4. The van der Waals surface area contributed by atoms with E-state index >= 15 is 0 Å². The number of carbonyl (C=O) groups is 1. The summed E-state index contributed by atoms with van der Waals surface area (Å²) in [5.74, 6) is 0.571. The molecule has 18 heavy (non-hydrogen) atoms. The van der Waals surface area contributed by atoms with Crippen LogP contribution < -0.4 is 10.1 Å². The molecule has 0 saturated heterocycles. The molecule has 0 fully saturated rings. The van der Waals surface area contributed by atoms with Crippen LogP contribution in [0.15, 0.2) is 18.2 Å². The third kappa shape index (κ3) is 2.17. The first-order valence-corrected chi connectivity index (χ1v) is 6.13. The van der Waals surface area contributed by atoms with Gasteiger partial charge in [-0.15, -0.1) is 0 Å². The average molecular weight is 244 g/mol. The monoisotopic (exact) mass is 244 g/mol. The van der Waals surface area contributed by atoms with Crippen molar-refractivity contribution >= 4 is 11.7 Å². The number of nitriles is 1. The van der Waals surface area contributed by atoms with Crippen molar-refractivity contribution in [3.8, 4) is 11.8 Å². The summed E-state index contributed by atoms with van der Waals surface area (Å²) >= 11 is 0. The van der Waals surface area contributed by atoms with Crippen LogP contribution in [0, 0.1) is 17.2 Å². The van der Waals surface area contributed by atoms with E-state index in [1.54, 1.807) is 6.07 Å². The summed E-state index contributed by atoms with van der Waals surface area (Å²) in [6, 6.07) is 7.68. The van der Waals surface area contributed by atoms with Gasteiger partial charge in [-0.05, 0) is 24.0 Å². The van der Waals surface area contributed by atoms with E-state index in [2.05, 4.69) is 12.2 Å². The van der Waals surface area contributed by atoms with Gasteiger partial charge in [0, 0.05) is 11.8 Å². The van der Waals surface area contributed by atoms with Gasteiger partial charge in [-0.3, -0.25) is 4.79 Å². The fourth-order valence-corrected chi connectivity index (χ4v) is 2.38. The van der Waals surface area contributed by atoms with E-state index in [4.69, 9.17) is 10.00 Å². The van der Waals surface area contributed by atoms with Crippen LogP contribution in [0.5, 0.6) is 5.75 Å². The number of benzene rings is 1. The minimum absolute atomic E-state index is 0.0598. The van der Waals surface area contributed by atoms with E-state index in [1.165, 1.54) is 0 Å². The van der Waals surface area contributed by atoms with Gasteiger partial charge in [0.15, 0.2) is 0 Å². The van der Waals surface area contributed by atoms with Crippen LogP contribution in [0.4, 0.5) is 5.69 Å². The van der Waals surface area contributed by atoms with E-state index in [9.17, 15) is 4.79 Å². The van der Waals surface area contributed by atoms with Crippen LogP contribution in [-0.4, -0.2) is 12.5 Å². The van der Waals surface area contributed by atoms with Crippen LogP contribution >= 0.6 is 0 Å². The highest BCUT2D eigenvalue weighted by molar-refractivity contribution is 5.79. The first-order chi connectivity index (χ1) is 8.67. The quantitative estimate of drug-likeness (QED) is 0.504. The standard InChI is InChI=1S/C14H16N2O2/c1-3-11-9(2)12-5-4-10(16-7-6-15)8-13(12)18-14(11)17/h4-5,8-9,11,16H,3,7H2,1-2H3. The maximum atomic E-state index is 11.8. The van der Waals surface area contributed by atoms with Crippen LogP contribution in [0.3, 0.4) is 0 Å². The molecular formula is C14H16N2O2. The zero-order valence-electron chi connectivity index (χ0n) is 10.6. The number of anilines is 1. The third-order valence-electron chi connectivity index (χ3n) is 3.43. The van der Waals surface area contributed by atoms with Gasteiger partial charge in [0.2, 0.25) is 0 Å². The lowest BCUT2D eigenvalue weighted by Crippen LogP contribution is -2.29. The smallest absolute Gasteiger partial charge is 0.314 e. The van der Waals surface area contributed by atoms with Crippen LogP contribution in [0.2, 0.25) is 0 Å². The molecule has 2 unspecified atom stereocenters. The molecule has 94 valence electrons. The number of fused-ring (bicyclic) bond motifs is 1. The maximum Gasteiger partial charge on any atom is 0.314 e. The lowest BCUT2D eigenvalue weighted by molar-refractivity contribution is -0.141. The molecule has 0 amide bonds. The summed E-state index contributed by atoms with van der Waals surface area (Å²) in [6.45, 7) is 4.28. The molecule has 4 nitrogen and oxygen atoms in total. The van der Waals surface area contributed by atoms with Gasteiger partial charge in [0.05, 0.1) is 12.0 Å². The second kappa shape index (κ2) is 5.09. The Kier molecular flexibility index (Phi) is 3.52. The molecule has 1 aromatic rings. The zero-order chi connectivity index (χ0) is 13.1. The number of esters is 1. The van der Waals surface area contributed by atoms with E-state index < -0.39 is 0 Å². The molecule has 2 rings (SSSR count). The fourth-order valence-electron chi connectivity index (χ4n) is 2.38. The average Bonchev–Trinajstić information content (AvgIpc) is 2.36. The number of nitrogens with zero attached hydrogens (tertiary/aromatic N) is 1. The van der Waals surface area contributed by atoms with Gasteiger partial charge in [-0.1, -0.05) is 19.9 Å². The van der Waals surface area contributed by atoms with E-state index in [-0.39, 0.29) is 24.3 Å². The summed E-state index contributed by atoms with van der Waals surface area (Å²) in [6.07, 6.45) is 0.786. The molecular weight excluding hydrogens is 228 g/mol. The van der Waals surface area contributed by atoms with E-state index in [1.807, 2.05) is 25.1 Å². The summed E-state index contributed by atoms with van der Waals surface area (Å²) in [4.78, 5) is 11.8. The van der Waals surface area contributed by atoms with Gasteiger partial charge in [0.25, 0.3) is 0 Å². The number of hydrogen-bond donors (Lipinski definition) is 1. The van der Waals surface area contributed by atoms with Gasteiger partial charge in [0.1, 0.15) is 12.3 Å². The fraction of sp³-hybridized carbons (Fsp3) is 0.429. The van der Waals surface area contributed by atoms with Crippen molar-refractivity contribution in [2.24, 2.45) is 5.92 Å². The molecule has 0 aliphatic carbocycles. The second-order valence-corrected chi connectivity index (χ2v) is 4.49. The highest BCUT2D eigenvalue weighted by Gasteiger charge is 2.33. The molecule has 1 N–H and O–H groups in total. The Morgan fingerprint density at radius 1 is 1.50 bits per heavy atom. The highest BCUT2D eigenvalue weighted by atomic mass is 16.5. The van der Waals surface area contributed by atoms with E-state index in [0.717, 1.165) is 17.7 Å². The normalized spacial score (nSPS) is 21.7. The predicted octanol–water partition coefficient (Wildman–Crippen LogP) is 2.67. The minimum atomic E-state index is -0.157. The zero-order valence-corrected chi connectivity index (χ0v) is 10.6. The molecule has 0 aromatic heterocycles. The molecule has 1 aliphatic rings. The topological polar surface area (TPSA) is 62.1 Å². The summed E-state index contributed by atoms with van der Waals surface area (Å²) in [7, 11) is 0. The van der Waals surface area contributed by atoms with Crippen molar-refractivity contribution in [3.05, 3.63) is 23.8 Å². The first-order valence-electron chi connectivity index (χ1n) is 6.13. The molecule has 1 heterocycles. The second-order valence-electron chi connectivity index (χ2n) is 4.49. The van der Waals surface area contributed by atoms with Crippen molar-refractivity contribution in [2.75, 3.05) is 11.9 Å². The third-order valence-corrected chi connectivity index (χ3v) is 3.43. The molecule has 1 aromatic carbocycles. The van der Waals surface area contributed by atoms with Gasteiger partial charge >= 0.3 is 5.97 Å². The Bertz CT molecular complexity index is 505. The Hall–Kier alpha value is -2.02. The Morgan fingerprint density at radius 2 is 2.28 bits per heavy atom. The molecule has 0 saturated carbocycles. The Balaban J connectivity index is 2.30. The molecule has 1 aliphatic heterocycles. The van der Waals surface area contributed by atoms with Crippen LogP contribution in [-0.2, 0) is 4.79 Å².